The molecule has 0 aromatic carbocycles. The van der Waals surface area contributed by atoms with Gasteiger partial charge in [0.05, 0.1) is 0 Å². The molecule has 0 unspecified atom stereocenters. The lowest BCUT2D eigenvalue weighted by Crippen LogP contribution is -2.39. The Hall–Kier alpha value is -0.0400. The first kappa shape index (κ1) is 12.0. The summed E-state index contributed by atoms with van der Waals surface area (Å²) in [7, 11) is 0. The average molecular weight is 197 g/mol. The van der Waals surface area contributed by atoms with Gasteiger partial charge in [0, 0.05) is 6.54 Å². The van der Waals surface area contributed by atoms with Gasteiger partial charge in [0.25, 0.3) is 0 Å². The van der Waals surface area contributed by atoms with Crippen molar-refractivity contribution >= 4 is 0 Å². The lowest BCUT2D eigenvalue weighted by atomic mass is 9.66. The van der Waals surface area contributed by atoms with Crippen LogP contribution in [0.15, 0.2) is 0 Å². The van der Waals surface area contributed by atoms with E-state index < -0.39 is 0 Å². The smallest absolute Gasteiger partial charge is 0.000769 e. The molecule has 0 radical (unpaired) electrons. The van der Waals surface area contributed by atoms with Crippen LogP contribution in [0.5, 0.6) is 0 Å². The Morgan fingerprint density at radius 3 is 2.36 bits per heavy atom. The summed E-state index contributed by atoms with van der Waals surface area (Å²) in [4.78, 5) is 0. The number of nitrogens with one attached hydrogen (secondary N) is 1. The van der Waals surface area contributed by atoms with Crippen LogP contribution in [0.3, 0.4) is 0 Å². The van der Waals surface area contributed by atoms with Crippen LogP contribution in [0.4, 0.5) is 0 Å². The molecule has 1 aliphatic carbocycles. The van der Waals surface area contributed by atoms with Crippen LogP contribution in [-0.2, 0) is 0 Å². The summed E-state index contributed by atoms with van der Waals surface area (Å²) >= 11 is 0. The molecule has 1 fully saturated rings. The standard InChI is InChI=1S/C13H27N/c1-3-5-6-7-9-13(10-8-11-13)12-14-4-2/h14H,3-12H2,1-2H3. The predicted molar refractivity (Wildman–Crippen MR) is 63.6 cm³/mol. The van der Waals surface area contributed by atoms with E-state index in [9.17, 15) is 0 Å². The minimum absolute atomic E-state index is 0.712. The number of hydrogen-bond donors (Lipinski definition) is 1. The van der Waals surface area contributed by atoms with Crippen molar-refractivity contribution in [2.24, 2.45) is 5.41 Å². The molecule has 0 heterocycles. The van der Waals surface area contributed by atoms with Gasteiger partial charge in [0.2, 0.25) is 0 Å². The Morgan fingerprint density at radius 1 is 1.07 bits per heavy atom. The molecule has 0 amide bonds. The Labute approximate surface area is 89.7 Å². The maximum atomic E-state index is 3.53. The summed E-state index contributed by atoms with van der Waals surface area (Å²) in [6.07, 6.45) is 11.6. The molecular formula is C13H27N. The van der Waals surface area contributed by atoms with Gasteiger partial charge < -0.3 is 5.32 Å². The van der Waals surface area contributed by atoms with Crippen molar-refractivity contribution in [3.8, 4) is 0 Å². The van der Waals surface area contributed by atoms with Gasteiger partial charge in [-0.2, -0.15) is 0 Å². The molecule has 0 saturated heterocycles. The zero-order valence-electron chi connectivity index (χ0n) is 10.1. The van der Waals surface area contributed by atoms with E-state index in [0.29, 0.717) is 5.41 Å². The fourth-order valence-corrected chi connectivity index (χ4v) is 2.51. The molecule has 1 aliphatic rings. The second-order valence-corrected chi connectivity index (χ2v) is 4.94. The van der Waals surface area contributed by atoms with Crippen molar-refractivity contribution in [2.75, 3.05) is 13.1 Å². The Balaban J connectivity index is 2.10. The fraction of sp³-hybridized carbons (Fsp3) is 1.00. The topological polar surface area (TPSA) is 12.0 Å². The molecule has 0 aliphatic heterocycles. The highest BCUT2D eigenvalue weighted by Crippen LogP contribution is 2.44. The molecule has 84 valence electrons. The monoisotopic (exact) mass is 197 g/mol. The SMILES string of the molecule is CCCCCCC1(CNCC)CCC1. The largest absolute Gasteiger partial charge is 0.316 e. The highest BCUT2D eigenvalue weighted by molar-refractivity contribution is 4.89. The second-order valence-electron chi connectivity index (χ2n) is 4.94. The molecule has 1 N–H and O–H groups in total. The maximum Gasteiger partial charge on any atom is 0.000769 e. The van der Waals surface area contributed by atoms with Crippen molar-refractivity contribution in [1.82, 2.24) is 5.32 Å². The summed E-state index contributed by atoms with van der Waals surface area (Å²) in [6.45, 7) is 6.91. The van der Waals surface area contributed by atoms with E-state index in [0.717, 1.165) is 6.54 Å². The van der Waals surface area contributed by atoms with E-state index in [1.165, 1.54) is 57.9 Å². The zero-order chi connectivity index (χ0) is 10.3. The Morgan fingerprint density at radius 2 is 1.86 bits per heavy atom. The summed E-state index contributed by atoms with van der Waals surface area (Å²) in [6, 6.07) is 0. The van der Waals surface area contributed by atoms with Crippen molar-refractivity contribution in [1.29, 1.82) is 0 Å². The third-order valence-electron chi connectivity index (χ3n) is 3.72. The van der Waals surface area contributed by atoms with Crippen LogP contribution in [0.25, 0.3) is 0 Å². The van der Waals surface area contributed by atoms with Crippen LogP contribution < -0.4 is 5.32 Å². The number of rotatable bonds is 8. The highest BCUT2D eigenvalue weighted by Gasteiger charge is 2.35. The third-order valence-corrected chi connectivity index (χ3v) is 3.72. The molecule has 1 nitrogen and oxygen atoms in total. The van der Waals surface area contributed by atoms with Crippen LogP contribution >= 0.6 is 0 Å². The van der Waals surface area contributed by atoms with E-state index in [1.807, 2.05) is 0 Å². The van der Waals surface area contributed by atoms with Gasteiger partial charge >= 0.3 is 0 Å². The first-order valence-corrected chi connectivity index (χ1v) is 6.54. The summed E-state index contributed by atoms with van der Waals surface area (Å²) in [5.74, 6) is 0. The van der Waals surface area contributed by atoms with Crippen molar-refractivity contribution < 1.29 is 0 Å². The predicted octanol–water partition coefficient (Wildman–Crippen LogP) is 3.74. The molecule has 14 heavy (non-hydrogen) atoms. The molecule has 0 aromatic heterocycles. The second kappa shape index (κ2) is 6.44. The van der Waals surface area contributed by atoms with Gasteiger partial charge in [-0.3, -0.25) is 0 Å². The van der Waals surface area contributed by atoms with E-state index >= 15 is 0 Å². The molecule has 1 rings (SSSR count). The van der Waals surface area contributed by atoms with E-state index in [2.05, 4.69) is 19.2 Å². The Bertz CT molecular complexity index is 138. The first-order valence-electron chi connectivity index (χ1n) is 6.54. The molecular weight excluding hydrogens is 170 g/mol. The molecule has 0 bridgehead atoms. The first-order chi connectivity index (χ1) is 6.83. The highest BCUT2D eigenvalue weighted by atomic mass is 14.9. The van der Waals surface area contributed by atoms with Gasteiger partial charge in [-0.15, -0.1) is 0 Å². The summed E-state index contributed by atoms with van der Waals surface area (Å²) < 4.78 is 0. The average Bonchev–Trinajstić information content (AvgIpc) is 2.15. The summed E-state index contributed by atoms with van der Waals surface area (Å²) in [5.41, 5.74) is 0.712. The Kier molecular flexibility index (Phi) is 5.54. The summed E-state index contributed by atoms with van der Waals surface area (Å²) in [5, 5.41) is 3.53. The zero-order valence-corrected chi connectivity index (χ0v) is 10.1. The number of unbranched alkanes of at least 4 members (excludes halogenated alkanes) is 3. The van der Waals surface area contributed by atoms with Gasteiger partial charge in [-0.1, -0.05) is 46.0 Å². The van der Waals surface area contributed by atoms with Gasteiger partial charge in [-0.05, 0) is 31.2 Å². The fourth-order valence-electron chi connectivity index (χ4n) is 2.51. The quantitative estimate of drug-likeness (QED) is 0.585. The van der Waals surface area contributed by atoms with Crippen LogP contribution in [0.1, 0.15) is 65.2 Å². The molecule has 1 heteroatoms. The maximum absolute atomic E-state index is 3.53. The van der Waals surface area contributed by atoms with Crippen molar-refractivity contribution in [3.63, 3.8) is 0 Å². The molecule has 0 aromatic rings. The molecule has 0 atom stereocenters. The lowest BCUT2D eigenvalue weighted by molar-refractivity contribution is 0.113. The third kappa shape index (κ3) is 3.61. The van der Waals surface area contributed by atoms with Gasteiger partial charge in [0.1, 0.15) is 0 Å². The van der Waals surface area contributed by atoms with Gasteiger partial charge in [-0.25, -0.2) is 0 Å². The van der Waals surface area contributed by atoms with Crippen LogP contribution in [-0.4, -0.2) is 13.1 Å². The minimum atomic E-state index is 0.712. The minimum Gasteiger partial charge on any atom is -0.316 e. The van der Waals surface area contributed by atoms with E-state index in [1.54, 1.807) is 0 Å². The van der Waals surface area contributed by atoms with Crippen molar-refractivity contribution in [3.05, 3.63) is 0 Å². The van der Waals surface area contributed by atoms with Crippen LogP contribution in [0, 0.1) is 5.41 Å². The van der Waals surface area contributed by atoms with Crippen molar-refractivity contribution in [2.45, 2.75) is 65.2 Å². The normalized spacial score (nSPS) is 19.3. The number of hydrogen-bond acceptors (Lipinski definition) is 1. The van der Waals surface area contributed by atoms with Crippen LogP contribution in [0.2, 0.25) is 0 Å². The van der Waals surface area contributed by atoms with Gasteiger partial charge in [0.15, 0.2) is 0 Å². The van der Waals surface area contributed by atoms with E-state index in [4.69, 9.17) is 0 Å². The molecule has 0 spiro atoms. The molecule has 1 saturated carbocycles. The van der Waals surface area contributed by atoms with E-state index in [-0.39, 0.29) is 0 Å². The lowest BCUT2D eigenvalue weighted by Gasteiger charge is -2.42.